The van der Waals surface area contributed by atoms with Crippen molar-refractivity contribution >= 4 is 13.1 Å². The molecule has 0 spiro atoms. The molecule has 1 atom stereocenters. The lowest BCUT2D eigenvalue weighted by molar-refractivity contribution is 0.00578. The summed E-state index contributed by atoms with van der Waals surface area (Å²) in [5.41, 5.74) is 3.59. The maximum Gasteiger partial charge on any atom is 0.460 e. The van der Waals surface area contributed by atoms with Crippen LogP contribution in [-0.2, 0) is 14.0 Å². The monoisotopic (exact) mass is 444 g/mol. The Balaban J connectivity index is 2.04. The Hall–Kier alpha value is -1.33. The minimum absolute atomic E-state index is 0.198. The summed E-state index contributed by atoms with van der Waals surface area (Å²) in [7, 11) is -0.223. The molecule has 0 N–H and O–H groups in total. The van der Waals surface area contributed by atoms with Crippen LogP contribution in [0.1, 0.15) is 134 Å². The second-order valence-electron chi connectivity index (χ2n) is 11.4. The van der Waals surface area contributed by atoms with Crippen LogP contribution in [0, 0.1) is 0 Å². The number of hydrogen-bond donors (Lipinski definition) is 0. The molecule has 5 heteroatoms. The highest BCUT2D eigenvalue weighted by Gasteiger charge is 2.52. The van der Waals surface area contributed by atoms with Crippen molar-refractivity contribution in [3.05, 3.63) is 34.4 Å². The number of ether oxygens (including phenoxy) is 1. The molecule has 180 valence electrons. The molecule has 1 fully saturated rings. The molecular formula is C27H45BO4. The van der Waals surface area contributed by atoms with E-state index in [1.54, 1.807) is 0 Å². The van der Waals surface area contributed by atoms with Crippen LogP contribution in [0.5, 0.6) is 0 Å². The lowest BCUT2D eigenvalue weighted by atomic mass is 9.71. The van der Waals surface area contributed by atoms with Crippen LogP contribution in [0.3, 0.4) is 0 Å². The first kappa shape index (κ1) is 26.9. The predicted molar refractivity (Wildman–Crippen MR) is 134 cm³/mol. The number of benzene rings is 1. The van der Waals surface area contributed by atoms with E-state index in [2.05, 4.69) is 88.3 Å². The summed E-state index contributed by atoms with van der Waals surface area (Å²) >= 11 is 0. The van der Waals surface area contributed by atoms with Gasteiger partial charge in [-0.3, -0.25) is 0 Å². The van der Waals surface area contributed by atoms with Crippen LogP contribution >= 0.6 is 0 Å². The van der Waals surface area contributed by atoms with E-state index in [0.29, 0.717) is 12.5 Å². The normalized spacial score (nSPS) is 18.6. The second-order valence-corrected chi connectivity index (χ2v) is 11.4. The summed E-state index contributed by atoms with van der Waals surface area (Å²) in [5, 5.41) is 0. The van der Waals surface area contributed by atoms with Crippen LogP contribution in [0.15, 0.2) is 12.1 Å². The molecule has 1 aromatic carbocycles. The van der Waals surface area contributed by atoms with Gasteiger partial charge in [0, 0.05) is 0 Å². The lowest BCUT2D eigenvalue weighted by Crippen LogP contribution is -2.41. The van der Waals surface area contributed by atoms with Crippen molar-refractivity contribution in [2.75, 3.05) is 6.61 Å². The molecule has 0 amide bonds. The molecule has 0 aromatic heterocycles. The predicted octanol–water partition coefficient (Wildman–Crippen LogP) is 7.48. The Morgan fingerprint density at radius 2 is 1.34 bits per heavy atom. The third-order valence-electron chi connectivity index (χ3n) is 7.11. The quantitative estimate of drug-likeness (QED) is 0.225. The van der Waals surface area contributed by atoms with Crippen LogP contribution in [0.2, 0.25) is 5.82 Å². The Kier molecular flexibility index (Phi) is 8.66. The van der Waals surface area contributed by atoms with E-state index in [1.807, 2.05) is 0 Å². The number of esters is 1. The van der Waals surface area contributed by atoms with Gasteiger partial charge in [0.05, 0.1) is 23.4 Å². The second kappa shape index (κ2) is 10.3. The maximum atomic E-state index is 13.2. The Bertz CT molecular complexity index is 750. The average molecular weight is 444 g/mol. The zero-order chi connectivity index (χ0) is 24.4. The number of rotatable bonds is 9. The van der Waals surface area contributed by atoms with E-state index in [0.717, 1.165) is 29.5 Å². The van der Waals surface area contributed by atoms with E-state index < -0.39 is 0 Å². The highest BCUT2D eigenvalue weighted by atomic mass is 16.7. The van der Waals surface area contributed by atoms with Crippen molar-refractivity contribution in [1.82, 2.24) is 0 Å². The molecule has 32 heavy (non-hydrogen) atoms. The first-order valence-corrected chi connectivity index (χ1v) is 12.4. The average Bonchev–Trinajstić information content (AvgIpc) is 2.90. The zero-order valence-electron chi connectivity index (χ0n) is 22.3. The highest BCUT2D eigenvalue weighted by molar-refractivity contribution is 6.47. The summed E-state index contributed by atoms with van der Waals surface area (Å²) in [6.45, 7) is 23.8. The minimum Gasteiger partial charge on any atom is -0.462 e. The molecule has 2 rings (SSSR count). The zero-order valence-corrected chi connectivity index (χ0v) is 22.3. The third kappa shape index (κ3) is 5.97. The standard InChI is InChI=1S/C27H45BO4/c1-17(2)21-15-22(18(3)4)24(23(16-21)19(5)6)25(29)30-14-12-13-20(7)28-31-26(8,9)27(10,11)32-28/h15-20H,12-14H2,1-11H3/t20-/m0/s1. The molecule has 0 radical (unpaired) electrons. The topological polar surface area (TPSA) is 44.8 Å². The van der Waals surface area contributed by atoms with Gasteiger partial charge in [0.15, 0.2) is 0 Å². The van der Waals surface area contributed by atoms with Crippen molar-refractivity contribution in [3.8, 4) is 0 Å². The Morgan fingerprint density at radius 3 is 1.75 bits per heavy atom. The van der Waals surface area contributed by atoms with Crippen molar-refractivity contribution < 1.29 is 18.8 Å². The summed E-state index contributed by atoms with van der Waals surface area (Å²) in [4.78, 5) is 13.2. The first-order valence-electron chi connectivity index (χ1n) is 12.4. The molecule has 1 heterocycles. The van der Waals surface area contributed by atoms with Crippen molar-refractivity contribution in [3.63, 3.8) is 0 Å². The van der Waals surface area contributed by atoms with Gasteiger partial charge in [-0.2, -0.15) is 0 Å². The van der Waals surface area contributed by atoms with Gasteiger partial charge in [0.1, 0.15) is 0 Å². The number of carbonyl (C=O) groups excluding carboxylic acids is 1. The van der Waals surface area contributed by atoms with Crippen LogP contribution in [0.4, 0.5) is 0 Å². The fourth-order valence-electron chi connectivity index (χ4n) is 4.09. The molecule has 4 nitrogen and oxygen atoms in total. The largest absolute Gasteiger partial charge is 0.462 e. The van der Waals surface area contributed by atoms with Crippen molar-refractivity contribution in [2.45, 2.75) is 124 Å². The number of hydrogen-bond acceptors (Lipinski definition) is 4. The molecule has 0 saturated carbocycles. The SMILES string of the molecule is CC(C)c1cc(C(C)C)c(C(=O)OCCC[C@H](C)B2OC(C)(C)C(C)(C)O2)c(C(C)C)c1. The van der Waals surface area contributed by atoms with Crippen LogP contribution in [-0.4, -0.2) is 30.9 Å². The van der Waals surface area contributed by atoms with Gasteiger partial charge in [-0.05, 0) is 80.8 Å². The molecule has 1 aliphatic rings. The fourth-order valence-corrected chi connectivity index (χ4v) is 4.09. The van der Waals surface area contributed by atoms with Gasteiger partial charge in [-0.25, -0.2) is 4.79 Å². The Labute approximate surface area is 196 Å². The lowest BCUT2D eigenvalue weighted by Gasteiger charge is -2.32. The van der Waals surface area contributed by atoms with E-state index in [1.165, 1.54) is 5.56 Å². The van der Waals surface area contributed by atoms with Gasteiger partial charge >= 0.3 is 13.1 Å². The van der Waals surface area contributed by atoms with Gasteiger partial charge in [-0.1, -0.05) is 60.6 Å². The molecule has 1 aliphatic heterocycles. The summed E-state index contributed by atoms with van der Waals surface area (Å²) in [5.74, 6) is 0.981. The summed E-state index contributed by atoms with van der Waals surface area (Å²) in [6, 6.07) is 4.39. The van der Waals surface area contributed by atoms with E-state index >= 15 is 0 Å². The molecule has 1 saturated heterocycles. The van der Waals surface area contributed by atoms with E-state index in [9.17, 15) is 4.79 Å². The Morgan fingerprint density at radius 1 is 0.875 bits per heavy atom. The van der Waals surface area contributed by atoms with Crippen LogP contribution in [0.25, 0.3) is 0 Å². The molecule has 0 bridgehead atoms. The summed E-state index contributed by atoms with van der Waals surface area (Å²) in [6.07, 6.45) is 1.67. The van der Waals surface area contributed by atoms with Crippen LogP contribution < -0.4 is 0 Å². The van der Waals surface area contributed by atoms with E-state index in [-0.39, 0.29) is 41.9 Å². The first-order chi connectivity index (χ1) is 14.7. The van der Waals surface area contributed by atoms with Gasteiger partial charge in [-0.15, -0.1) is 0 Å². The molecule has 1 aromatic rings. The molecule has 0 aliphatic carbocycles. The number of carbonyl (C=O) groups is 1. The molecule has 0 unspecified atom stereocenters. The van der Waals surface area contributed by atoms with Gasteiger partial charge in [0.2, 0.25) is 0 Å². The van der Waals surface area contributed by atoms with Gasteiger partial charge in [0.25, 0.3) is 0 Å². The molecular weight excluding hydrogens is 399 g/mol. The maximum absolute atomic E-state index is 13.2. The van der Waals surface area contributed by atoms with Crippen molar-refractivity contribution in [2.24, 2.45) is 0 Å². The van der Waals surface area contributed by atoms with E-state index in [4.69, 9.17) is 14.0 Å². The summed E-state index contributed by atoms with van der Waals surface area (Å²) < 4.78 is 18.1. The highest BCUT2D eigenvalue weighted by Crippen LogP contribution is 2.41. The minimum atomic E-state index is -0.318. The smallest absolute Gasteiger partial charge is 0.460 e. The third-order valence-corrected chi connectivity index (χ3v) is 7.11. The van der Waals surface area contributed by atoms with Crippen molar-refractivity contribution in [1.29, 1.82) is 0 Å². The van der Waals surface area contributed by atoms with Gasteiger partial charge < -0.3 is 14.0 Å². The fraction of sp³-hybridized carbons (Fsp3) is 0.741.